The molecule has 0 radical (unpaired) electrons. The molecule has 0 amide bonds. The zero-order valence-electron chi connectivity index (χ0n) is 8.49. The van der Waals surface area contributed by atoms with Gasteiger partial charge in [-0.3, -0.25) is 5.41 Å². The second-order valence-electron chi connectivity index (χ2n) is 3.41. The topological polar surface area (TPSA) is 79.1 Å². The number of nitrogens with one attached hydrogen (secondary N) is 1. The van der Waals surface area contributed by atoms with Gasteiger partial charge < -0.3 is 16.4 Å². The van der Waals surface area contributed by atoms with E-state index in [0.29, 0.717) is 5.69 Å². The highest BCUT2D eigenvalue weighted by Crippen LogP contribution is 2.23. The largest absolute Gasteiger partial charge is 0.397 e. The fraction of sp³-hybridized carbons (Fsp3) is 0.300. The molecule has 0 aromatic heterocycles. The van der Waals surface area contributed by atoms with Gasteiger partial charge in [-0.1, -0.05) is 12.1 Å². The predicted molar refractivity (Wildman–Crippen MR) is 60.4 cm³/mol. The van der Waals surface area contributed by atoms with Crippen LogP contribution < -0.4 is 16.4 Å². The predicted octanol–water partition coefficient (Wildman–Crippen LogP) is 1.38. The van der Waals surface area contributed by atoms with Crippen LogP contribution in [0.5, 0.6) is 0 Å². The third-order valence-corrected chi connectivity index (χ3v) is 1.97. The summed E-state index contributed by atoms with van der Waals surface area (Å²) in [6.45, 7) is 3.93. The number of rotatable bonds is 2. The van der Waals surface area contributed by atoms with Crippen LogP contribution in [0.1, 0.15) is 13.8 Å². The lowest BCUT2D eigenvalue weighted by atomic mass is 10.2. The quantitative estimate of drug-likeness (QED) is 0.376. The summed E-state index contributed by atoms with van der Waals surface area (Å²) in [5, 5.41) is 7.46. The summed E-state index contributed by atoms with van der Waals surface area (Å²) in [4.78, 5) is 1.69. The molecule has 0 heterocycles. The van der Waals surface area contributed by atoms with E-state index >= 15 is 0 Å². The molecular weight excluding hydrogens is 176 g/mol. The number of benzene rings is 1. The summed E-state index contributed by atoms with van der Waals surface area (Å²) < 4.78 is 0. The van der Waals surface area contributed by atoms with Gasteiger partial charge in [0.15, 0.2) is 5.96 Å². The molecule has 0 bridgehead atoms. The highest BCUT2D eigenvalue weighted by Gasteiger charge is 2.14. The van der Waals surface area contributed by atoms with Crippen molar-refractivity contribution in [3.05, 3.63) is 24.3 Å². The van der Waals surface area contributed by atoms with Crippen LogP contribution >= 0.6 is 0 Å². The second kappa shape index (κ2) is 4.00. The van der Waals surface area contributed by atoms with E-state index in [1.807, 2.05) is 32.0 Å². The minimum absolute atomic E-state index is 0.0119. The van der Waals surface area contributed by atoms with E-state index in [9.17, 15) is 0 Å². The molecule has 0 aliphatic heterocycles. The maximum absolute atomic E-state index is 7.46. The Kier molecular flexibility index (Phi) is 2.96. The number of hydrogen-bond acceptors (Lipinski definition) is 2. The molecule has 1 aromatic rings. The van der Waals surface area contributed by atoms with Gasteiger partial charge in [-0.25, -0.2) is 0 Å². The summed E-state index contributed by atoms with van der Waals surface area (Å²) >= 11 is 0. The van der Waals surface area contributed by atoms with Crippen LogP contribution in [0.3, 0.4) is 0 Å². The monoisotopic (exact) mass is 192 g/mol. The van der Waals surface area contributed by atoms with E-state index in [1.54, 1.807) is 11.0 Å². The fourth-order valence-corrected chi connectivity index (χ4v) is 1.39. The summed E-state index contributed by atoms with van der Waals surface area (Å²) in [7, 11) is 0. The standard InChI is InChI=1S/C10H16N4/c1-7(2)14(10(12)13)9-6-4-3-5-8(9)11/h3-7H,11H2,1-2H3,(H3,12,13). The molecule has 4 heteroatoms. The highest BCUT2D eigenvalue weighted by atomic mass is 15.3. The van der Waals surface area contributed by atoms with Crippen molar-refractivity contribution in [2.45, 2.75) is 19.9 Å². The SMILES string of the molecule is CC(C)N(C(=N)N)c1ccccc1N. The van der Waals surface area contributed by atoms with Crippen LogP contribution in [-0.4, -0.2) is 12.0 Å². The average Bonchev–Trinajstić information content (AvgIpc) is 2.07. The summed E-state index contributed by atoms with van der Waals surface area (Å²) in [6.07, 6.45) is 0. The number of hydrogen-bond donors (Lipinski definition) is 3. The molecule has 76 valence electrons. The fourth-order valence-electron chi connectivity index (χ4n) is 1.39. The number of guanidine groups is 1. The van der Waals surface area contributed by atoms with Crippen molar-refractivity contribution in [3.8, 4) is 0 Å². The zero-order valence-corrected chi connectivity index (χ0v) is 8.49. The molecule has 0 aliphatic carbocycles. The van der Waals surface area contributed by atoms with Gasteiger partial charge in [-0.05, 0) is 26.0 Å². The molecule has 0 unspecified atom stereocenters. The maximum Gasteiger partial charge on any atom is 0.193 e. The normalized spacial score (nSPS) is 10.2. The zero-order chi connectivity index (χ0) is 10.7. The van der Waals surface area contributed by atoms with Crippen molar-refractivity contribution in [1.82, 2.24) is 0 Å². The average molecular weight is 192 g/mol. The summed E-state index contributed by atoms with van der Waals surface area (Å²) in [5.41, 5.74) is 12.7. The van der Waals surface area contributed by atoms with Crippen molar-refractivity contribution >= 4 is 17.3 Å². The first-order valence-electron chi connectivity index (χ1n) is 4.51. The van der Waals surface area contributed by atoms with Crippen molar-refractivity contribution in [2.75, 3.05) is 10.6 Å². The van der Waals surface area contributed by atoms with E-state index in [1.165, 1.54) is 0 Å². The molecule has 0 aliphatic rings. The van der Waals surface area contributed by atoms with Crippen molar-refractivity contribution in [2.24, 2.45) is 5.73 Å². The minimum atomic E-state index is 0.0119. The molecule has 4 nitrogen and oxygen atoms in total. The van der Waals surface area contributed by atoms with Crippen LogP contribution in [0.2, 0.25) is 0 Å². The maximum atomic E-state index is 7.46. The van der Waals surface area contributed by atoms with Crippen LogP contribution in [0.15, 0.2) is 24.3 Å². The summed E-state index contributed by atoms with van der Waals surface area (Å²) in [6, 6.07) is 7.52. The first kappa shape index (κ1) is 10.4. The van der Waals surface area contributed by atoms with Gasteiger partial charge in [-0.2, -0.15) is 0 Å². The van der Waals surface area contributed by atoms with E-state index in [4.69, 9.17) is 16.9 Å². The Balaban J connectivity index is 3.12. The molecule has 0 spiro atoms. The molecule has 0 saturated carbocycles. The molecular formula is C10H16N4. The van der Waals surface area contributed by atoms with Gasteiger partial charge in [0.25, 0.3) is 0 Å². The first-order valence-corrected chi connectivity index (χ1v) is 4.51. The van der Waals surface area contributed by atoms with E-state index < -0.39 is 0 Å². The first-order chi connectivity index (χ1) is 6.54. The van der Waals surface area contributed by atoms with Gasteiger partial charge >= 0.3 is 0 Å². The lowest BCUT2D eigenvalue weighted by Crippen LogP contribution is -2.41. The summed E-state index contributed by atoms with van der Waals surface area (Å²) in [5.74, 6) is 0.0119. The Labute approximate surface area is 84.0 Å². The minimum Gasteiger partial charge on any atom is -0.397 e. The van der Waals surface area contributed by atoms with E-state index in [0.717, 1.165) is 5.69 Å². The Bertz CT molecular complexity index is 333. The molecule has 0 atom stereocenters. The van der Waals surface area contributed by atoms with Gasteiger partial charge in [0.1, 0.15) is 0 Å². The lowest BCUT2D eigenvalue weighted by Gasteiger charge is -2.27. The smallest absolute Gasteiger partial charge is 0.193 e. The molecule has 1 rings (SSSR count). The van der Waals surface area contributed by atoms with Crippen LogP contribution in [0, 0.1) is 5.41 Å². The van der Waals surface area contributed by atoms with Crippen LogP contribution in [0.25, 0.3) is 0 Å². The highest BCUT2D eigenvalue weighted by molar-refractivity contribution is 5.96. The molecule has 1 aromatic carbocycles. The number of para-hydroxylation sites is 2. The third-order valence-electron chi connectivity index (χ3n) is 1.97. The number of nitrogens with zero attached hydrogens (tertiary/aromatic N) is 1. The molecule has 0 fully saturated rings. The van der Waals surface area contributed by atoms with Gasteiger partial charge in [0.05, 0.1) is 11.4 Å². The third kappa shape index (κ3) is 1.96. The van der Waals surface area contributed by atoms with Gasteiger partial charge in [0.2, 0.25) is 0 Å². The molecule has 5 N–H and O–H groups in total. The number of nitrogen functional groups attached to an aromatic ring is 1. The van der Waals surface area contributed by atoms with Crippen LogP contribution in [-0.2, 0) is 0 Å². The van der Waals surface area contributed by atoms with Crippen molar-refractivity contribution in [3.63, 3.8) is 0 Å². The van der Waals surface area contributed by atoms with Crippen molar-refractivity contribution < 1.29 is 0 Å². The Hall–Kier alpha value is -1.71. The Morgan fingerprint density at radius 3 is 2.36 bits per heavy atom. The molecule has 0 saturated heterocycles. The Morgan fingerprint density at radius 1 is 1.36 bits per heavy atom. The van der Waals surface area contributed by atoms with Crippen LogP contribution in [0.4, 0.5) is 11.4 Å². The van der Waals surface area contributed by atoms with Gasteiger partial charge in [-0.15, -0.1) is 0 Å². The molecule has 14 heavy (non-hydrogen) atoms. The number of anilines is 2. The number of nitrogens with two attached hydrogens (primary N) is 2. The second-order valence-corrected chi connectivity index (χ2v) is 3.41. The Morgan fingerprint density at radius 2 is 1.93 bits per heavy atom. The van der Waals surface area contributed by atoms with E-state index in [-0.39, 0.29) is 12.0 Å². The van der Waals surface area contributed by atoms with Gasteiger partial charge in [0, 0.05) is 6.04 Å². The van der Waals surface area contributed by atoms with Crippen molar-refractivity contribution in [1.29, 1.82) is 5.41 Å². The van der Waals surface area contributed by atoms with E-state index in [2.05, 4.69) is 0 Å². The lowest BCUT2D eigenvalue weighted by molar-refractivity contribution is 0.800.